The fourth-order valence-corrected chi connectivity index (χ4v) is 2.35. The van der Waals surface area contributed by atoms with Crippen LogP contribution in [-0.4, -0.2) is 34.9 Å². The molecular weight excluding hydrogens is 312 g/mol. The lowest BCUT2D eigenvalue weighted by atomic mass is 10.2. The van der Waals surface area contributed by atoms with E-state index >= 15 is 0 Å². The van der Waals surface area contributed by atoms with E-state index in [-0.39, 0.29) is 18.6 Å². The van der Waals surface area contributed by atoms with Gasteiger partial charge in [-0.25, -0.2) is 0 Å². The molecular formula is C16H18N4O4. The number of fused-ring (bicyclic) bond motifs is 1. The van der Waals surface area contributed by atoms with Crippen molar-refractivity contribution in [2.75, 3.05) is 18.7 Å². The van der Waals surface area contributed by atoms with E-state index in [0.717, 1.165) is 6.42 Å². The molecule has 2 amide bonds. The Bertz CT molecular complexity index is 784. The summed E-state index contributed by atoms with van der Waals surface area (Å²) >= 11 is 0. The number of hydrogen-bond donors (Lipinski definition) is 2. The highest BCUT2D eigenvalue weighted by atomic mass is 16.7. The van der Waals surface area contributed by atoms with Crippen molar-refractivity contribution in [1.82, 2.24) is 15.1 Å². The number of carbonyl (C=O) groups excluding carboxylic acids is 2. The fraction of sp³-hybridized carbons (Fsp3) is 0.312. The van der Waals surface area contributed by atoms with E-state index in [4.69, 9.17) is 9.47 Å². The van der Waals surface area contributed by atoms with Crippen LogP contribution in [0.25, 0.3) is 0 Å². The standard InChI is InChI=1S/C16H18N4O4/c1-3-6-17-16(22)14-11(8-18-20(14)2)19-15(21)10-4-5-12-13(7-10)24-9-23-12/h4-5,7-8H,3,6,9H2,1-2H3,(H,17,22)(H,19,21). The van der Waals surface area contributed by atoms with E-state index in [1.54, 1.807) is 25.2 Å². The normalized spacial score (nSPS) is 12.1. The number of nitrogens with zero attached hydrogens (tertiary/aromatic N) is 2. The second-order valence-corrected chi connectivity index (χ2v) is 5.31. The first-order valence-electron chi connectivity index (χ1n) is 7.61. The number of rotatable bonds is 5. The fourth-order valence-electron chi connectivity index (χ4n) is 2.35. The Hall–Kier alpha value is -3.03. The van der Waals surface area contributed by atoms with Crippen molar-refractivity contribution in [3.63, 3.8) is 0 Å². The predicted molar refractivity (Wildman–Crippen MR) is 86.4 cm³/mol. The van der Waals surface area contributed by atoms with E-state index < -0.39 is 0 Å². The van der Waals surface area contributed by atoms with Crippen LogP contribution in [0.1, 0.15) is 34.2 Å². The van der Waals surface area contributed by atoms with E-state index in [9.17, 15) is 9.59 Å². The van der Waals surface area contributed by atoms with Gasteiger partial charge in [0.15, 0.2) is 11.5 Å². The van der Waals surface area contributed by atoms with Gasteiger partial charge in [0.1, 0.15) is 5.69 Å². The number of ether oxygens (including phenoxy) is 2. The first-order valence-corrected chi connectivity index (χ1v) is 7.61. The van der Waals surface area contributed by atoms with Crippen LogP contribution in [0, 0.1) is 0 Å². The van der Waals surface area contributed by atoms with Crippen LogP contribution in [0.3, 0.4) is 0 Å². The summed E-state index contributed by atoms with van der Waals surface area (Å²) in [5.74, 6) is 0.492. The maximum Gasteiger partial charge on any atom is 0.271 e. The molecule has 8 heteroatoms. The minimum atomic E-state index is -0.356. The molecule has 2 heterocycles. The summed E-state index contributed by atoms with van der Waals surface area (Å²) in [6, 6.07) is 4.91. The Kier molecular flexibility index (Phi) is 4.37. The third-order valence-corrected chi connectivity index (χ3v) is 3.57. The largest absolute Gasteiger partial charge is 0.454 e. The number of nitrogens with one attached hydrogen (secondary N) is 2. The van der Waals surface area contributed by atoms with Gasteiger partial charge in [-0.1, -0.05) is 6.92 Å². The molecule has 0 fully saturated rings. The second kappa shape index (κ2) is 6.61. The van der Waals surface area contributed by atoms with Crippen LogP contribution >= 0.6 is 0 Å². The molecule has 126 valence electrons. The highest BCUT2D eigenvalue weighted by molar-refractivity contribution is 6.08. The summed E-state index contributed by atoms with van der Waals surface area (Å²) in [4.78, 5) is 24.7. The summed E-state index contributed by atoms with van der Waals surface area (Å²) in [5.41, 5.74) is 1.06. The van der Waals surface area contributed by atoms with Gasteiger partial charge in [-0.3, -0.25) is 14.3 Å². The average Bonchev–Trinajstić information content (AvgIpc) is 3.18. The average molecular weight is 330 g/mol. The quantitative estimate of drug-likeness (QED) is 0.867. The van der Waals surface area contributed by atoms with Crippen molar-refractivity contribution in [3.8, 4) is 11.5 Å². The highest BCUT2D eigenvalue weighted by Crippen LogP contribution is 2.32. The molecule has 0 atom stereocenters. The van der Waals surface area contributed by atoms with Gasteiger partial charge in [-0.15, -0.1) is 0 Å². The molecule has 8 nitrogen and oxygen atoms in total. The SMILES string of the molecule is CCCNC(=O)c1c(NC(=O)c2ccc3c(c2)OCO3)cnn1C. The van der Waals surface area contributed by atoms with E-state index in [1.165, 1.54) is 10.9 Å². The van der Waals surface area contributed by atoms with Crippen molar-refractivity contribution in [1.29, 1.82) is 0 Å². The van der Waals surface area contributed by atoms with Gasteiger partial charge in [0.05, 0.1) is 11.9 Å². The van der Waals surface area contributed by atoms with E-state index in [1.807, 2.05) is 6.92 Å². The first-order chi connectivity index (χ1) is 11.6. The number of benzene rings is 1. The molecule has 3 rings (SSSR count). The van der Waals surface area contributed by atoms with Crippen LogP contribution in [0.2, 0.25) is 0 Å². The zero-order chi connectivity index (χ0) is 17.1. The molecule has 2 N–H and O–H groups in total. The van der Waals surface area contributed by atoms with Crippen molar-refractivity contribution in [2.24, 2.45) is 7.05 Å². The summed E-state index contributed by atoms with van der Waals surface area (Å²) in [6.07, 6.45) is 2.27. The third-order valence-electron chi connectivity index (χ3n) is 3.57. The van der Waals surface area contributed by atoms with Crippen molar-refractivity contribution in [3.05, 3.63) is 35.7 Å². The van der Waals surface area contributed by atoms with Crippen LogP contribution in [0.5, 0.6) is 11.5 Å². The smallest absolute Gasteiger partial charge is 0.271 e. The maximum absolute atomic E-state index is 12.4. The number of amides is 2. The number of anilines is 1. The minimum absolute atomic E-state index is 0.144. The molecule has 0 bridgehead atoms. The Morgan fingerprint density at radius 2 is 2.04 bits per heavy atom. The second-order valence-electron chi connectivity index (χ2n) is 5.31. The van der Waals surface area contributed by atoms with Gasteiger partial charge < -0.3 is 20.1 Å². The molecule has 0 unspecified atom stereocenters. The van der Waals surface area contributed by atoms with Gasteiger partial charge in [0, 0.05) is 19.2 Å². The number of hydrogen-bond acceptors (Lipinski definition) is 5. The number of aromatic nitrogens is 2. The number of aryl methyl sites for hydroxylation is 1. The summed E-state index contributed by atoms with van der Waals surface area (Å²) < 4.78 is 11.9. The van der Waals surface area contributed by atoms with Crippen LogP contribution in [0.4, 0.5) is 5.69 Å². The Balaban J connectivity index is 1.78. The lowest BCUT2D eigenvalue weighted by molar-refractivity contribution is 0.0945. The zero-order valence-corrected chi connectivity index (χ0v) is 13.5. The molecule has 1 aliphatic rings. The van der Waals surface area contributed by atoms with Gasteiger partial charge in [0.2, 0.25) is 6.79 Å². The molecule has 0 aliphatic carbocycles. The van der Waals surface area contributed by atoms with Crippen molar-refractivity contribution < 1.29 is 19.1 Å². The molecule has 0 radical (unpaired) electrons. The maximum atomic E-state index is 12.4. The van der Waals surface area contributed by atoms with Gasteiger partial charge in [-0.2, -0.15) is 5.10 Å². The van der Waals surface area contributed by atoms with E-state index in [2.05, 4.69) is 15.7 Å². The molecule has 0 saturated heterocycles. The highest BCUT2D eigenvalue weighted by Gasteiger charge is 2.20. The number of carbonyl (C=O) groups is 2. The Labute approximate surface area is 138 Å². The Morgan fingerprint density at radius 1 is 1.25 bits per heavy atom. The van der Waals surface area contributed by atoms with Crippen LogP contribution in [0.15, 0.2) is 24.4 Å². The van der Waals surface area contributed by atoms with Crippen LogP contribution in [-0.2, 0) is 7.05 Å². The lowest BCUT2D eigenvalue weighted by Crippen LogP contribution is -2.27. The molecule has 1 aliphatic heterocycles. The predicted octanol–water partition coefficient (Wildman–Crippen LogP) is 1.54. The van der Waals surface area contributed by atoms with Gasteiger partial charge >= 0.3 is 0 Å². The van der Waals surface area contributed by atoms with Crippen molar-refractivity contribution in [2.45, 2.75) is 13.3 Å². The molecule has 1 aromatic heterocycles. The molecule has 2 aromatic rings. The monoisotopic (exact) mass is 330 g/mol. The van der Waals surface area contributed by atoms with Gasteiger partial charge in [0.25, 0.3) is 11.8 Å². The summed E-state index contributed by atoms with van der Waals surface area (Å²) in [7, 11) is 1.65. The summed E-state index contributed by atoms with van der Waals surface area (Å²) in [6.45, 7) is 2.66. The van der Waals surface area contributed by atoms with Crippen molar-refractivity contribution >= 4 is 17.5 Å². The summed E-state index contributed by atoms with van der Waals surface area (Å²) in [5, 5.41) is 9.54. The molecule has 24 heavy (non-hydrogen) atoms. The van der Waals surface area contributed by atoms with Crippen LogP contribution < -0.4 is 20.1 Å². The zero-order valence-electron chi connectivity index (χ0n) is 13.5. The van der Waals surface area contributed by atoms with Gasteiger partial charge in [-0.05, 0) is 24.6 Å². The molecule has 0 spiro atoms. The third kappa shape index (κ3) is 3.03. The lowest BCUT2D eigenvalue weighted by Gasteiger charge is -2.08. The molecule has 1 aromatic carbocycles. The van der Waals surface area contributed by atoms with E-state index in [0.29, 0.717) is 35.0 Å². The Morgan fingerprint density at radius 3 is 2.83 bits per heavy atom. The topological polar surface area (TPSA) is 94.5 Å². The first kappa shape index (κ1) is 15.9. The molecule has 0 saturated carbocycles. The minimum Gasteiger partial charge on any atom is -0.454 e.